The van der Waals surface area contributed by atoms with Gasteiger partial charge >= 0.3 is 0 Å². The maximum Gasteiger partial charge on any atom is 0.290 e. The summed E-state index contributed by atoms with van der Waals surface area (Å²) in [6, 6.07) is 13.0. The van der Waals surface area contributed by atoms with Gasteiger partial charge in [0.25, 0.3) is 11.1 Å². The highest BCUT2D eigenvalue weighted by Crippen LogP contribution is 2.37. The zero-order valence-electron chi connectivity index (χ0n) is 11.8. The number of pyridine rings is 1. The van der Waals surface area contributed by atoms with Crippen LogP contribution in [-0.4, -0.2) is 16.1 Å². The van der Waals surface area contributed by atoms with E-state index in [0.717, 1.165) is 28.2 Å². The number of nitrogens with one attached hydrogen (secondary N) is 1. The van der Waals surface area contributed by atoms with E-state index in [1.54, 1.807) is 18.3 Å². The van der Waals surface area contributed by atoms with Crippen LogP contribution in [0.4, 0.5) is 4.79 Å². The summed E-state index contributed by atoms with van der Waals surface area (Å²) in [6.45, 7) is 0. The first kappa shape index (κ1) is 13.8. The Labute approximate surface area is 135 Å². The largest absolute Gasteiger partial charge is 0.464 e. The van der Waals surface area contributed by atoms with Crippen LogP contribution < -0.4 is 5.32 Å². The van der Waals surface area contributed by atoms with Gasteiger partial charge in [-0.25, -0.2) is 0 Å². The van der Waals surface area contributed by atoms with E-state index in [9.17, 15) is 9.59 Å². The predicted molar refractivity (Wildman–Crippen MR) is 87.6 cm³/mol. The van der Waals surface area contributed by atoms with Gasteiger partial charge in [0, 0.05) is 17.2 Å². The Hall–Kier alpha value is -2.86. The predicted octanol–water partition coefficient (Wildman–Crippen LogP) is 3.57. The van der Waals surface area contributed by atoms with Gasteiger partial charge in [-0.2, -0.15) is 0 Å². The molecule has 1 fully saturated rings. The Bertz CT molecular complexity index is 961. The molecule has 1 aliphatic heterocycles. The molecule has 112 valence electrons. The van der Waals surface area contributed by atoms with Gasteiger partial charge in [0.15, 0.2) is 0 Å². The SMILES string of the molecule is O=C1NC(=O)C(=C(c2ccc3ncccc3c2)c2ccco2)S1. The Morgan fingerprint density at radius 2 is 2.04 bits per heavy atom. The highest BCUT2D eigenvalue weighted by atomic mass is 32.2. The lowest BCUT2D eigenvalue weighted by molar-refractivity contribution is -0.115. The number of hydrogen-bond acceptors (Lipinski definition) is 5. The fraction of sp³-hybridized carbons (Fsp3) is 0. The molecule has 1 aromatic carbocycles. The molecule has 0 bridgehead atoms. The van der Waals surface area contributed by atoms with E-state index in [-0.39, 0.29) is 5.24 Å². The molecule has 0 aliphatic carbocycles. The molecule has 23 heavy (non-hydrogen) atoms. The second-order valence-electron chi connectivity index (χ2n) is 4.94. The van der Waals surface area contributed by atoms with E-state index >= 15 is 0 Å². The zero-order valence-corrected chi connectivity index (χ0v) is 12.6. The van der Waals surface area contributed by atoms with E-state index in [1.807, 2.05) is 30.3 Å². The minimum Gasteiger partial charge on any atom is -0.464 e. The van der Waals surface area contributed by atoms with E-state index in [4.69, 9.17) is 4.42 Å². The summed E-state index contributed by atoms with van der Waals surface area (Å²) in [7, 11) is 0. The van der Waals surface area contributed by atoms with Crippen molar-refractivity contribution in [2.45, 2.75) is 0 Å². The molecule has 1 saturated heterocycles. The van der Waals surface area contributed by atoms with Crippen molar-refractivity contribution >= 4 is 39.4 Å². The Morgan fingerprint density at radius 3 is 2.78 bits per heavy atom. The second-order valence-corrected chi connectivity index (χ2v) is 5.92. The maximum atomic E-state index is 12.1. The second kappa shape index (κ2) is 5.40. The number of thioether (sulfide) groups is 1. The fourth-order valence-electron chi connectivity index (χ4n) is 2.52. The van der Waals surface area contributed by atoms with Gasteiger partial charge < -0.3 is 4.42 Å². The molecule has 3 aromatic rings. The van der Waals surface area contributed by atoms with Crippen molar-refractivity contribution in [2.75, 3.05) is 0 Å². The first-order chi connectivity index (χ1) is 11.2. The van der Waals surface area contributed by atoms with Gasteiger partial charge in [-0.05, 0) is 47.7 Å². The Morgan fingerprint density at radius 1 is 1.13 bits per heavy atom. The minimum absolute atomic E-state index is 0.341. The number of nitrogens with zero attached hydrogens (tertiary/aromatic N) is 1. The number of furan rings is 1. The number of benzene rings is 1. The molecule has 0 radical (unpaired) electrons. The minimum atomic E-state index is -0.405. The number of hydrogen-bond donors (Lipinski definition) is 1. The lowest BCUT2D eigenvalue weighted by atomic mass is 10.0. The van der Waals surface area contributed by atoms with Gasteiger partial charge in [0.05, 0.1) is 16.7 Å². The van der Waals surface area contributed by atoms with Gasteiger partial charge in [0.2, 0.25) is 0 Å². The van der Waals surface area contributed by atoms with Gasteiger partial charge in [0.1, 0.15) is 5.76 Å². The van der Waals surface area contributed by atoms with Crippen LogP contribution in [0.5, 0.6) is 0 Å². The maximum absolute atomic E-state index is 12.1. The third-order valence-electron chi connectivity index (χ3n) is 3.50. The molecule has 3 heterocycles. The molecule has 0 unspecified atom stereocenters. The quantitative estimate of drug-likeness (QED) is 0.730. The van der Waals surface area contributed by atoms with E-state index in [1.165, 1.54) is 6.26 Å². The van der Waals surface area contributed by atoms with Crippen LogP contribution in [0.25, 0.3) is 16.5 Å². The molecule has 2 amide bonds. The first-order valence-corrected chi connectivity index (χ1v) is 7.70. The molecule has 6 heteroatoms. The third kappa shape index (κ3) is 2.43. The molecule has 1 N–H and O–H groups in total. The van der Waals surface area contributed by atoms with E-state index < -0.39 is 5.91 Å². The zero-order chi connectivity index (χ0) is 15.8. The summed E-state index contributed by atoms with van der Waals surface area (Å²) < 4.78 is 5.48. The van der Waals surface area contributed by atoms with Crippen LogP contribution in [0, 0.1) is 0 Å². The van der Waals surface area contributed by atoms with Crippen LogP contribution in [0.1, 0.15) is 11.3 Å². The number of rotatable bonds is 2. The summed E-state index contributed by atoms with van der Waals surface area (Å²) in [5.41, 5.74) is 2.27. The third-order valence-corrected chi connectivity index (χ3v) is 4.38. The van der Waals surface area contributed by atoms with Crippen molar-refractivity contribution in [3.8, 4) is 0 Å². The highest BCUT2D eigenvalue weighted by Gasteiger charge is 2.30. The number of carbonyl (C=O) groups is 2. The Kier molecular flexibility index (Phi) is 3.24. The summed E-state index contributed by atoms with van der Waals surface area (Å²) in [5.74, 6) is 0.137. The molecule has 0 spiro atoms. The van der Waals surface area contributed by atoms with Gasteiger partial charge in [-0.15, -0.1) is 0 Å². The van der Waals surface area contributed by atoms with Crippen molar-refractivity contribution in [1.82, 2.24) is 10.3 Å². The number of aromatic nitrogens is 1. The molecule has 0 atom stereocenters. The molecule has 1 aliphatic rings. The number of amides is 2. The lowest BCUT2D eigenvalue weighted by Gasteiger charge is -2.08. The standard InChI is InChI=1S/C17H10N2O3S/c20-16-15(23-17(21)19-16)14(13-4-2-8-22-13)11-5-6-12-10(9-11)3-1-7-18-12/h1-9H,(H,19,20,21). The monoisotopic (exact) mass is 322 g/mol. The van der Waals surface area contributed by atoms with E-state index in [2.05, 4.69) is 10.3 Å². The summed E-state index contributed by atoms with van der Waals surface area (Å²) in [5, 5.41) is 2.86. The smallest absolute Gasteiger partial charge is 0.290 e. The average Bonchev–Trinajstić information content (AvgIpc) is 3.18. The molecular weight excluding hydrogens is 312 g/mol. The van der Waals surface area contributed by atoms with Crippen molar-refractivity contribution in [1.29, 1.82) is 0 Å². The van der Waals surface area contributed by atoms with Crippen LogP contribution >= 0.6 is 11.8 Å². The highest BCUT2D eigenvalue weighted by molar-refractivity contribution is 8.18. The van der Waals surface area contributed by atoms with Crippen LogP contribution in [0.3, 0.4) is 0 Å². The lowest BCUT2D eigenvalue weighted by Crippen LogP contribution is -2.18. The van der Waals surface area contributed by atoms with Crippen molar-refractivity contribution < 1.29 is 14.0 Å². The topological polar surface area (TPSA) is 72.2 Å². The van der Waals surface area contributed by atoms with Crippen LogP contribution in [0.15, 0.2) is 64.2 Å². The molecule has 4 rings (SSSR count). The summed E-state index contributed by atoms with van der Waals surface area (Å²) in [4.78, 5) is 28.3. The Balaban J connectivity index is 1.96. The first-order valence-electron chi connectivity index (χ1n) is 6.89. The van der Waals surface area contributed by atoms with Crippen LogP contribution in [-0.2, 0) is 4.79 Å². The van der Waals surface area contributed by atoms with Gasteiger partial charge in [-0.1, -0.05) is 12.1 Å². The van der Waals surface area contributed by atoms with E-state index in [0.29, 0.717) is 16.2 Å². The number of carbonyl (C=O) groups excluding carboxylic acids is 2. The average molecular weight is 322 g/mol. The van der Waals surface area contributed by atoms with Crippen molar-refractivity contribution in [2.24, 2.45) is 0 Å². The number of fused-ring (bicyclic) bond motifs is 1. The van der Waals surface area contributed by atoms with Crippen molar-refractivity contribution in [3.63, 3.8) is 0 Å². The normalized spacial score (nSPS) is 16.7. The summed E-state index contributed by atoms with van der Waals surface area (Å²) in [6.07, 6.45) is 3.27. The van der Waals surface area contributed by atoms with Crippen molar-refractivity contribution in [3.05, 3.63) is 71.2 Å². The molecule has 0 saturated carbocycles. The molecular formula is C17H10N2O3S. The number of imide groups is 1. The van der Waals surface area contributed by atoms with Crippen LogP contribution in [0.2, 0.25) is 0 Å². The molecule has 5 nitrogen and oxygen atoms in total. The molecule has 2 aromatic heterocycles. The summed E-state index contributed by atoms with van der Waals surface area (Å²) >= 11 is 0.885. The fourth-order valence-corrected chi connectivity index (χ4v) is 3.31. The van der Waals surface area contributed by atoms with Gasteiger partial charge in [-0.3, -0.25) is 19.9 Å².